The molecule has 0 aliphatic rings. The van der Waals surface area contributed by atoms with Gasteiger partial charge in [-0.3, -0.25) is 4.68 Å². The lowest BCUT2D eigenvalue weighted by Crippen LogP contribution is -2.11. The summed E-state index contributed by atoms with van der Waals surface area (Å²) in [7, 11) is 1.22. The summed E-state index contributed by atoms with van der Waals surface area (Å²) in [6.45, 7) is 0.239. The van der Waals surface area contributed by atoms with E-state index < -0.39 is 11.9 Å². The maximum atomic E-state index is 12.7. The van der Waals surface area contributed by atoms with Gasteiger partial charge in [0.1, 0.15) is 11.5 Å². The van der Waals surface area contributed by atoms with Crippen LogP contribution >= 0.6 is 11.3 Å². The quantitative estimate of drug-likeness (QED) is 0.874. The SMILES string of the molecule is Cn1nc(NCc2ccc(F)s2)cc1C(F)(F)F. The van der Waals surface area contributed by atoms with Gasteiger partial charge in [0.25, 0.3) is 0 Å². The van der Waals surface area contributed by atoms with Crippen LogP contribution in [0.25, 0.3) is 0 Å². The first kappa shape index (κ1) is 12.9. The van der Waals surface area contributed by atoms with Crippen LogP contribution in [0, 0.1) is 5.13 Å². The van der Waals surface area contributed by atoms with Crippen LogP contribution in [0.4, 0.5) is 23.4 Å². The van der Waals surface area contributed by atoms with Crippen LogP contribution in [0.5, 0.6) is 0 Å². The van der Waals surface area contributed by atoms with Crippen molar-refractivity contribution >= 4 is 17.2 Å². The Bertz CT molecular complexity index is 544. The predicted molar refractivity (Wildman–Crippen MR) is 59.8 cm³/mol. The number of alkyl halides is 3. The number of hydrogen-bond acceptors (Lipinski definition) is 3. The third-order valence-electron chi connectivity index (χ3n) is 2.24. The van der Waals surface area contributed by atoms with E-state index in [1.165, 1.54) is 13.1 Å². The van der Waals surface area contributed by atoms with Crippen molar-refractivity contribution in [2.45, 2.75) is 12.7 Å². The van der Waals surface area contributed by atoms with Crippen LogP contribution in [0.2, 0.25) is 0 Å². The van der Waals surface area contributed by atoms with Crippen LogP contribution in [-0.2, 0) is 19.8 Å². The first-order chi connectivity index (χ1) is 8.36. The highest BCUT2D eigenvalue weighted by molar-refractivity contribution is 7.10. The van der Waals surface area contributed by atoms with E-state index >= 15 is 0 Å². The average molecular weight is 279 g/mol. The maximum Gasteiger partial charge on any atom is 0.433 e. The lowest BCUT2D eigenvalue weighted by molar-refractivity contribution is -0.143. The van der Waals surface area contributed by atoms with E-state index in [0.717, 1.165) is 22.1 Å². The minimum atomic E-state index is -4.43. The fraction of sp³-hybridized carbons (Fsp3) is 0.300. The third kappa shape index (κ3) is 2.81. The Hall–Kier alpha value is -1.57. The van der Waals surface area contributed by atoms with Gasteiger partial charge in [-0.15, -0.1) is 11.3 Å². The highest BCUT2D eigenvalue weighted by atomic mass is 32.1. The zero-order valence-corrected chi connectivity index (χ0v) is 10.1. The highest BCUT2D eigenvalue weighted by Gasteiger charge is 2.34. The zero-order valence-electron chi connectivity index (χ0n) is 9.25. The molecule has 0 saturated carbocycles. The van der Waals surface area contributed by atoms with Crippen molar-refractivity contribution in [1.82, 2.24) is 9.78 Å². The second kappa shape index (κ2) is 4.60. The van der Waals surface area contributed by atoms with E-state index in [4.69, 9.17) is 0 Å². The number of nitrogens with one attached hydrogen (secondary N) is 1. The molecule has 0 aromatic carbocycles. The molecular formula is C10H9F4N3S. The van der Waals surface area contributed by atoms with Gasteiger partial charge in [0, 0.05) is 18.0 Å². The van der Waals surface area contributed by atoms with Crippen LogP contribution in [0.3, 0.4) is 0 Å². The molecule has 2 aromatic heterocycles. The van der Waals surface area contributed by atoms with Crippen molar-refractivity contribution < 1.29 is 17.6 Å². The summed E-state index contributed by atoms with van der Waals surface area (Å²) in [6.07, 6.45) is -4.43. The molecule has 2 aromatic rings. The number of nitrogens with zero attached hydrogens (tertiary/aromatic N) is 2. The Labute approximate surface area is 104 Å². The maximum absolute atomic E-state index is 12.7. The topological polar surface area (TPSA) is 29.9 Å². The van der Waals surface area contributed by atoms with Crippen molar-refractivity contribution in [3.8, 4) is 0 Å². The summed E-state index contributed by atoms with van der Waals surface area (Å²) >= 11 is 0.938. The van der Waals surface area contributed by atoms with E-state index in [9.17, 15) is 17.6 Å². The molecule has 0 radical (unpaired) electrons. The summed E-state index contributed by atoms with van der Waals surface area (Å²) < 4.78 is 50.9. The molecule has 98 valence electrons. The number of rotatable bonds is 3. The number of halogens is 4. The Morgan fingerprint density at radius 3 is 2.61 bits per heavy atom. The van der Waals surface area contributed by atoms with Crippen molar-refractivity contribution in [1.29, 1.82) is 0 Å². The molecule has 18 heavy (non-hydrogen) atoms. The zero-order chi connectivity index (χ0) is 13.3. The molecule has 0 amide bonds. The highest BCUT2D eigenvalue weighted by Crippen LogP contribution is 2.30. The molecule has 0 spiro atoms. The largest absolute Gasteiger partial charge is 0.433 e. The monoisotopic (exact) mass is 279 g/mol. The van der Waals surface area contributed by atoms with Gasteiger partial charge in [-0.2, -0.15) is 22.7 Å². The van der Waals surface area contributed by atoms with Crippen LogP contribution in [0.15, 0.2) is 18.2 Å². The fourth-order valence-corrected chi connectivity index (χ4v) is 2.11. The van der Waals surface area contributed by atoms with E-state index in [0.29, 0.717) is 4.88 Å². The molecule has 2 heterocycles. The number of hydrogen-bond donors (Lipinski definition) is 1. The van der Waals surface area contributed by atoms with Crippen LogP contribution < -0.4 is 5.32 Å². The van der Waals surface area contributed by atoms with Gasteiger partial charge in [-0.1, -0.05) is 0 Å². The number of aryl methyl sites for hydroxylation is 1. The number of anilines is 1. The summed E-state index contributed by atoms with van der Waals surface area (Å²) in [5.74, 6) is 0.110. The summed E-state index contributed by atoms with van der Waals surface area (Å²) in [4.78, 5) is 0.687. The van der Waals surface area contributed by atoms with Gasteiger partial charge in [0.15, 0.2) is 5.13 Å². The van der Waals surface area contributed by atoms with Crippen molar-refractivity contribution in [2.24, 2.45) is 7.05 Å². The van der Waals surface area contributed by atoms with Gasteiger partial charge in [-0.25, -0.2) is 0 Å². The minimum Gasteiger partial charge on any atom is -0.364 e. The Morgan fingerprint density at radius 2 is 2.11 bits per heavy atom. The van der Waals surface area contributed by atoms with Crippen LogP contribution in [-0.4, -0.2) is 9.78 Å². The van der Waals surface area contributed by atoms with E-state index in [2.05, 4.69) is 10.4 Å². The first-order valence-electron chi connectivity index (χ1n) is 4.95. The van der Waals surface area contributed by atoms with Crippen LogP contribution in [0.1, 0.15) is 10.6 Å². The molecule has 0 fully saturated rings. The second-order valence-corrected chi connectivity index (χ2v) is 4.71. The molecule has 1 N–H and O–H groups in total. The van der Waals surface area contributed by atoms with Gasteiger partial charge in [0.2, 0.25) is 0 Å². The Balaban J connectivity index is 2.07. The molecule has 0 saturated heterocycles. The van der Waals surface area contributed by atoms with Gasteiger partial charge in [0.05, 0.1) is 6.54 Å². The molecule has 0 atom stereocenters. The molecule has 0 unspecified atom stereocenters. The lowest BCUT2D eigenvalue weighted by Gasteiger charge is -2.04. The molecule has 8 heteroatoms. The smallest absolute Gasteiger partial charge is 0.364 e. The Kier molecular flexibility index (Phi) is 3.29. The van der Waals surface area contributed by atoms with E-state index in [1.54, 1.807) is 6.07 Å². The van der Waals surface area contributed by atoms with E-state index in [1.807, 2.05) is 0 Å². The first-order valence-corrected chi connectivity index (χ1v) is 5.77. The Morgan fingerprint density at radius 1 is 1.39 bits per heavy atom. The molecule has 3 nitrogen and oxygen atoms in total. The number of aromatic nitrogens is 2. The van der Waals surface area contributed by atoms with Crippen molar-refractivity contribution in [3.63, 3.8) is 0 Å². The molecular weight excluding hydrogens is 270 g/mol. The molecule has 0 bridgehead atoms. The third-order valence-corrected chi connectivity index (χ3v) is 3.12. The van der Waals surface area contributed by atoms with Crippen molar-refractivity contribution in [2.75, 3.05) is 5.32 Å². The second-order valence-electron chi connectivity index (χ2n) is 3.60. The molecule has 0 aliphatic carbocycles. The minimum absolute atomic E-state index is 0.110. The molecule has 2 rings (SSSR count). The van der Waals surface area contributed by atoms with Gasteiger partial charge < -0.3 is 5.32 Å². The summed E-state index contributed by atoms with van der Waals surface area (Å²) in [5, 5.41) is 6.08. The summed E-state index contributed by atoms with van der Waals surface area (Å²) in [6, 6.07) is 3.80. The fourth-order valence-electron chi connectivity index (χ4n) is 1.44. The standard InChI is InChI=1S/C10H9F4N3S/c1-17-7(10(12,13)14)4-9(16-17)15-5-6-2-3-8(11)18-6/h2-4H,5H2,1H3,(H,15,16). The number of thiophene rings is 1. The normalized spacial score (nSPS) is 11.8. The van der Waals surface area contributed by atoms with Crippen molar-refractivity contribution in [3.05, 3.63) is 33.9 Å². The summed E-state index contributed by atoms with van der Waals surface area (Å²) in [5.41, 5.74) is -0.831. The average Bonchev–Trinajstić information content (AvgIpc) is 2.81. The van der Waals surface area contributed by atoms with Gasteiger partial charge in [-0.05, 0) is 12.1 Å². The van der Waals surface area contributed by atoms with Gasteiger partial charge >= 0.3 is 6.18 Å². The molecule has 0 aliphatic heterocycles. The lowest BCUT2D eigenvalue weighted by atomic mass is 10.4. The predicted octanol–water partition coefficient (Wildman–Crippen LogP) is 3.25. The van der Waals surface area contributed by atoms with E-state index in [-0.39, 0.29) is 17.5 Å².